The number of aliphatic hydroxyl groups is 1. The van der Waals surface area contributed by atoms with E-state index >= 15 is 0 Å². The van der Waals surface area contributed by atoms with Gasteiger partial charge in [0, 0.05) is 25.7 Å². The first-order valence-corrected chi connectivity index (χ1v) is 34.5. The molecule has 0 fully saturated rings. The first kappa shape index (κ1) is 77.1. The third-order valence-electron chi connectivity index (χ3n) is 14.1. The van der Waals surface area contributed by atoms with Gasteiger partial charge in [-0.2, -0.15) is 0 Å². The summed E-state index contributed by atoms with van der Waals surface area (Å²) in [6.45, 7) is 9.31. The first-order chi connectivity index (χ1) is 37.9. The van der Waals surface area contributed by atoms with Crippen molar-refractivity contribution in [1.29, 1.82) is 0 Å². The maximum absolute atomic E-state index is 12.9. The van der Waals surface area contributed by atoms with Crippen LogP contribution in [0.5, 0.6) is 0 Å². The summed E-state index contributed by atoms with van der Waals surface area (Å²) in [7, 11) is -9.87. The van der Waals surface area contributed by atoms with E-state index in [1.807, 2.05) is 0 Å². The number of ether oxygens (including phenoxy) is 4. The minimum Gasteiger partial charge on any atom is -0.462 e. The van der Waals surface area contributed by atoms with E-state index in [0.29, 0.717) is 31.6 Å². The Bertz CT molecular complexity index is 1570. The lowest BCUT2D eigenvalue weighted by molar-refractivity contribution is -0.161. The van der Waals surface area contributed by atoms with Gasteiger partial charge >= 0.3 is 39.5 Å². The maximum atomic E-state index is 12.9. The Hall–Kier alpha value is -1.94. The Morgan fingerprint density at radius 3 is 0.962 bits per heavy atom. The minimum atomic E-state index is -4.94. The summed E-state index contributed by atoms with van der Waals surface area (Å²) in [6, 6.07) is 0. The van der Waals surface area contributed by atoms with Crippen LogP contribution in [0.3, 0.4) is 0 Å². The monoisotopic (exact) mass is 1170 g/mol. The first-order valence-electron chi connectivity index (χ1n) is 31.5. The topological polar surface area (TPSA) is 237 Å². The molecule has 0 aliphatic heterocycles. The number of unbranched alkanes of at least 4 members (excludes halogenated alkanes) is 28. The van der Waals surface area contributed by atoms with E-state index in [9.17, 15) is 43.2 Å². The second kappa shape index (κ2) is 52.8. The molecule has 6 atom stereocenters. The SMILES string of the molecule is CCCCCCCCCCCCCCC(=O)OC[C@H](COP(=O)(O)OC[C@@H](O)COP(=O)(O)OC[C@@H](COC(=O)CCCCCCC)OC(=O)CCCCCCCCCC(C)C)OC(=O)CCCCCCCCCCC(C)CC. The summed E-state index contributed by atoms with van der Waals surface area (Å²) in [4.78, 5) is 71.8. The predicted molar refractivity (Wildman–Crippen MR) is 312 cm³/mol. The van der Waals surface area contributed by atoms with Crippen molar-refractivity contribution in [1.82, 2.24) is 0 Å². The van der Waals surface area contributed by atoms with Crippen LogP contribution in [0.1, 0.15) is 292 Å². The summed E-state index contributed by atoms with van der Waals surface area (Å²) >= 11 is 0. The van der Waals surface area contributed by atoms with Crippen molar-refractivity contribution in [3.8, 4) is 0 Å². The van der Waals surface area contributed by atoms with Gasteiger partial charge in [0.05, 0.1) is 26.4 Å². The number of hydrogen-bond acceptors (Lipinski definition) is 15. The molecule has 0 amide bonds. The fraction of sp³-hybridized carbons (Fsp3) is 0.933. The lowest BCUT2D eigenvalue weighted by Gasteiger charge is -2.21. The molecule has 0 aliphatic rings. The predicted octanol–water partition coefficient (Wildman–Crippen LogP) is 16.1. The number of carbonyl (C=O) groups excluding carboxylic acids is 4. The average molecular weight is 1170 g/mol. The molecule has 0 spiro atoms. The molecule has 468 valence electrons. The summed E-state index contributed by atoms with van der Waals surface area (Å²) in [5.74, 6) is -0.687. The van der Waals surface area contributed by atoms with E-state index in [0.717, 1.165) is 102 Å². The van der Waals surface area contributed by atoms with Crippen LogP contribution in [0, 0.1) is 11.8 Å². The molecule has 0 saturated heterocycles. The van der Waals surface area contributed by atoms with Gasteiger partial charge in [0.1, 0.15) is 19.3 Å². The highest BCUT2D eigenvalue weighted by Crippen LogP contribution is 2.45. The van der Waals surface area contributed by atoms with E-state index in [1.54, 1.807) is 0 Å². The van der Waals surface area contributed by atoms with E-state index in [1.165, 1.54) is 103 Å². The summed E-state index contributed by atoms with van der Waals surface area (Å²) in [5.41, 5.74) is 0. The second-order valence-corrected chi connectivity index (χ2v) is 25.4. The van der Waals surface area contributed by atoms with E-state index in [4.69, 9.17) is 37.0 Å². The van der Waals surface area contributed by atoms with Crippen LogP contribution < -0.4 is 0 Å². The number of esters is 4. The highest BCUT2D eigenvalue weighted by Gasteiger charge is 2.30. The molecule has 0 bridgehead atoms. The Morgan fingerprint density at radius 2 is 0.646 bits per heavy atom. The van der Waals surface area contributed by atoms with Gasteiger partial charge < -0.3 is 33.8 Å². The molecule has 0 aromatic rings. The van der Waals surface area contributed by atoms with Crippen molar-refractivity contribution in [3.05, 3.63) is 0 Å². The zero-order valence-electron chi connectivity index (χ0n) is 50.7. The van der Waals surface area contributed by atoms with E-state index in [-0.39, 0.29) is 25.7 Å². The molecule has 3 N–H and O–H groups in total. The Balaban J connectivity index is 5.19. The van der Waals surface area contributed by atoms with Crippen molar-refractivity contribution in [2.75, 3.05) is 39.6 Å². The van der Waals surface area contributed by atoms with Gasteiger partial charge in [0.25, 0.3) is 0 Å². The number of phosphoric acid groups is 2. The molecular weight excluding hydrogens is 1050 g/mol. The molecule has 0 rings (SSSR count). The van der Waals surface area contributed by atoms with Gasteiger partial charge in [-0.15, -0.1) is 0 Å². The van der Waals surface area contributed by atoms with Crippen LogP contribution >= 0.6 is 15.6 Å². The molecule has 17 nitrogen and oxygen atoms in total. The summed E-state index contributed by atoms with van der Waals surface area (Å²) < 4.78 is 67.6. The average Bonchev–Trinajstić information content (AvgIpc) is 3.41. The third kappa shape index (κ3) is 53.8. The van der Waals surface area contributed by atoms with Crippen LogP contribution in [0.4, 0.5) is 0 Å². The Kier molecular flexibility index (Phi) is 51.5. The van der Waals surface area contributed by atoms with E-state index < -0.39 is 97.5 Å². The van der Waals surface area contributed by atoms with Gasteiger partial charge in [0.15, 0.2) is 12.2 Å². The fourth-order valence-corrected chi connectivity index (χ4v) is 10.4. The number of aliphatic hydroxyl groups excluding tert-OH is 1. The number of phosphoric ester groups is 2. The standard InChI is InChI=1S/C60H116O17P2/c1-7-10-12-14-15-16-17-18-19-25-31-37-43-58(63)71-49-56(77-59(64)44-38-32-26-21-20-24-30-35-41-53(6)9-3)51-75-79(68,69)73-47-54(61)46-72-78(66,67)74-50-55(48-70-57(62)42-36-28-13-11-8-2)76-60(65)45-39-33-27-22-23-29-34-40-52(4)5/h52-56,61H,7-51H2,1-6H3,(H,66,67)(H,68,69)/t53?,54-,55+,56+/m0/s1. The summed E-state index contributed by atoms with van der Waals surface area (Å²) in [6.07, 6.45) is 33.8. The van der Waals surface area contributed by atoms with Gasteiger partial charge in [-0.05, 0) is 37.5 Å². The molecular formula is C60H116O17P2. The van der Waals surface area contributed by atoms with Gasteiger partial charge in [-0.1, -0.05) is 241 Å². The van der Waals surface area contributed by atoms with Gasteiger partial charge in [-0.25, -0.2) is 9.13 Å². The lowest BCUT2D eigenvalue weighted by atomic mass is 9.99. The molecule has 0 aromatic carbocycles. The lowest BCUT2D eigenvalue weighted by Crippen LogP contribution is -2.30. The second-order valence-electron chi connectivity index (χ2n) is 22.5. The van der Waals surface area contributed by atoms with Crippen molar-refractivity contribution in [2.24, 2.45) is 11.8 Å². The fourth-order valence-electron chi connectivity index (χ4n) is 8.79. The maximum Gasteiger partial charge on any atom is 0.472 e. The van der Waals surface area contributed by atoms with Gasteiger partial charge in [-0.3, -0.25) is 37.3 Å². The zero-order chi connectivity index (χ0) is 58.7. The van der Waals surface area contributed by atoms with Crippen LogP contribution in [-0.4, -0.2) is 96.7 Å². The zero-order valence-corrected chi connectivity index (χ0v) is 52.4. The van der Waals surface area contributed by atoms with Crippen LogP contribution in [0.15, 0.2) is 0 Å². The number of rotatable bonds is 59. The molecule has 0 radical (unpaired) electrons. The minimum absolute atomic E-state index is 0.102. The molecule has 19 heteroatoms. The van der Waals surface area contributed by atoms with Crippen LogP contribution in [0.25, 0.3) is 0 Å². The van der Waals surface area contributed by atoms with Crippen molar-refractivity contribution < 1.29 is 80.2 Å². The smallest absolute Gasteiger partial charge is 0.462 e. The highest BCUT2D eigenvalue weighted by molar-refractivity contribution is 7.47. The number of hydrogen-bond donors (Lipinski definition) is 3. The van der Waals surface area contributed by atoms with E-state index in [2.05, 4.69) is 41.5 Å². The molecule has 3 unspecified atom stereocenters. The van der Waals surface area contributed by atoms with Crippen molar-refractivity contribution in [2.45, 2.75) is 310 Å². The van der Waals surface area contributed by atoms with Crippen molar-refractivity contribution >= 4 is 39.5 Å². The number of carbonyl (C=O) groups is 4. The third-order valence-corrected chi connectivity index (χ3v) is 16.0. The van der Waals surface area contributed by atoms with Crippen molar-refractivity contribution in [3.63, 3.8) is 0 Å². The largest absolute Gasteiger partial charge is 0.472 e. The van der Waals surface area contributed by atoms with Crippen LogP contribution in [0.2, 0.25) is 0 Å². The molecule has 0 saturated carbocycles. The van der Waals surface area contributed by atoms with Crippen LogP contribution in [-0.2, 0) is 65.4 Å². The molecule has 79 heavy (non-hydrogen) atoms. The molecule has 0 aliphatic carbocycles. The normalized spacial score (nSPS) is 14.8. The Morgan fingerprint density at radius 1 is 0.367 bits per heavy atom. The molecule has 0 heterocycles. The van der Waals surface area contributed by atoms with Gasteiger partial charge in [0.2, 0.25) is 0 Å². The molecule has 0 aromatic heterocycles. The summed E-state index contributed by atoms with van der Waals surface area (Å²) in [5, 5.41) is 10.5. The Labute approximate surface area is 479 Å². The highest BCUT2D eigenvalue weighted by atomic mass is 31.2. The quantitative estimate of drug-likeness (QED) is 0.0222.